The summed E-state index contributed by atoms with van der Waals surface area (Å²) in [4.78, 5) is 4.27. The molecule has 1 aromatic heterocycles. The summed E-state index contributed by atoms with van der Waals surface area (Å²) < 4.78 is 0. The molecule has 0 aliphatic heterocycles. The van der Waals surface area contributed by atoms with Gasteiger partial charge in [0, 0.05) is 7.05 Å². The predicted molar refractivity (Wildman–Crippen MR) is 83.5 cm³/mol. The summed E-state index contributed by atoms with van der Waals surface area (Å²) in [5.41, 5.74) is 0.618. The van der Waals surface area contributed by atoms with Gasteiger partial charge in [0.2, 0.25) is 0 Å². The summed E-state index contributed by atoms with van der Waals surface area (Å²) in [5, 5.41) is 7.58. The van der Waals surface area contributed by atoms with Crippen molar-refractivity contribution < 1.29 is 0 Å². The van der Waals surface area contributed by atoms with Crippen molar-refractivity contribution in [2.75, 3.05) is 17.7 Å². The first-order chi connectivity index (χ1) is 9.02. The Balaban J connectivity index is 2.41. The second kappa shape index (κ2) is 6.06. The standard InChI is InChI=1S/C12H9Cl4N3/c1-17-11-7(14)5-8(15)12(19-11)18-9-4-2-3-6(13)10(9)16/h2-5H,1H3,(H2,17,18,19). The van der Waals surface area contributed by atoms with Crippen molar-refractivity contribution in [3.8, 4) is 0 Å². The third-order valence-corrected chi connectivity index (χ3v) is 3.77. The van der Waals surface area contributed by atoms with Crippen LogP contribution in [-0.2, 0) is 0 Å². The van der Waals surface area contributed by atoms with Crippen LogP contribution in [0.5, 0.6) is 0 Å². The molecule has 1 heterocycles. The summed E-state index contributed by atoms with van der Waals surface area (Å²) in [5.74, 6) is 0.964. The number of halogens is 4. The Morgan fingerprint density at radius 2 is 1.63 bits per heavy atom. The molecule has 100 valence electrons. The molecule has 0 bridgehead atoms. The summed E-state index contributed by atoms with van der Waals surface area (Å²) >= 11 is 24.1. The maximum atomic E-state index is 6.09. The van der Waals surface area contributed by atoms with E-state index < -0.39 is 0 Å². The molecule has 1 aromatic carbocycles. The van der Waals surface area contributed by atoms with Gasteiger partial charge < -0.3 is 10.6 Å². The van der Waals surface area contributed by atoms with Gasteiger partial charge in [-0.15, -0.1) is 0 Å². The fourth-order valence-electron chi connectivity index (χ4n) is 1.46. The molecular weight excluding hydrogens is 328 g/mol. The number of nitrogens with zero attached hydrogens (tertiary/aromatic N) is 1. The van der Waals surface area contributed by atoms with Gasteiger partial charge in [-0.2, -0.15) is 0 Å². The second-order valence-corrected chi connectivity index (χ2v) is 5.23. The van der Waals surface area contributed by atoms with E-state index in [0.717, 1.165) is 0 Å². The van der Waals surface area contributed by atoms with Crippen LogP contribution < -0.4 is 10.6 Å². The lowest BCUT2D eigenvalue weighted by Gasteiger charge is -2.12. The van der Waals surface area contributed by atoms with Crippen LogP contribution in [0.3, 0.4) is 0 Å². The largest absolute Gasteiger partial charge is 0.372 e. The Hall–Kier alpha value is -0.870. The Morgan fingerprint density at radius 3 is 2.32 bits per heavy atom. The van der Waals surface area contributed by atoms with Crippen molar-refractivity contribution in [1.29, 1.82) is 0 Å². The molecule has 0 spiro atoms. The number of hydrogen-bond donors (Lipinski definition) is 2. The lowest BCUT2D eigenvalue weighted by atomic mass is 10.3. The topological polar surface area (TPSA) is 37.0 Å². The van der Waals surface area contributed by atoms with Crippen molar-refractivity contribution in [1.82, 2.24) is 4.98 Å². The van der Waals surface area contributed by atoms with Crippen LogP contribution in [-0.4, -0.2) is 12.0 Å². The van der Waals surface area contributed by atoms with Crippen molar-refractivity contribution in [3.63, 3.8) is 0 Å². The average molecular weight is 337 g/mol. The molecule has 0 unspecified atom stereocenters. The van der Waals surface area contributed by atoms with Gasteiger partial charge in [0.05, 0.1) is 25.8 Å². The molecule has 0 amide bonds. The molecule has 0 atom stereocenters. The molecule has 2 aromatic rings. The number of aromatic nitrogens is 1. The monoisotopic (exact) mass is 335 g/mol. The molecule has 0 aliphatic carbocycles. The van der Waals surface area contributed by atoms with Crippen molar-refractivity contribution in [2.24, 2.45) is 0 Å². The van der Waals surface area contributed by atoms with Crippen molar-refractivity contribution >= 4 is 63.7 Å². The van der Waals surface area contributed by atoms with Crippen molar-refractivity contribution in [2.45, 2.75) is 0 Å². The van der Waals surface area contributed by atoms with E-state index >= 15 is 0 Å². The van der Waals surface area contributed by atoms with E-state index in [2.05, 4.69) is 15.6 Å². The number of pyridine rings is 1. The Kier molecular flexibility index (Phi) is 4.63. The summed E-state index contributed by atoms with van der Waals surface area (Å²) in [6, 6.07) is 6.85. The zero-order valence-electron chi connectivity index (χ0n) is 9.77. The molecule has 2 rings (SSSR count). The van der Waals surface area contributed by atoms with E-state index in [4.69, 9.17) is 46.4 Å². The van der Waals surface area contributed by atoms with Gasteiger partial charge >= 0.3 is 0 Å². The summed E-state index contributed by atoms with van der Waals surface area (Å²) in [7, 11) is 1.72. The maximum absolute atomic E-state index is 6.09. The molecule has 19 heavy (non-hydrogen) atoms. The first-order valence-electron chi connectivity index (χ1n) is 5.27. The van der Waals surface area contributed by atoms with E-state index in [0.29, 0.717) is 37.4 Å². The Morgan fingerprint density at radius 1 is 0.947 bits per heavy atom. The SMILES string of the molecule is CNc1nc(Nc2cccc(Cl)c2Cl)c(Cl)cc1Cl. The molecule has 0 aliphatic rings. The second-order valence-electron chi connectivity index (χ2n) is 3.63. The minimum Gasteiger partial charge on any atom is -0.372 e. The number of benzene rings is 1. The van der Waals surface area contributed by atoms with E-state index in [1.54, 1.807) is 31.3 Å². The summed E-state index contributed by atoms with van der Waals surface area (Å²) in [6.45, 7) is 0. The van der Waals surface area contributed by atoms with Crippen LogP contribution >= 0.6 is 46.4 Å². The minimum atomic E-state index is 0.389. The van der Waals surface area contributed by atoms with E-state index in [-0.39, 0.29) is 0 Å². The predicted octanol–water partition coefficient (Wildman–Crippen LogP) is 5.48. The molecule has 7 heteroatoms. The van der Waals surface area contributed by atoms with Crippen LogP contribution in [0, 0.1) is 0 Å². The van der Waals surface area contributed by atoms with Crippen molar-refractivity contribution in [3.05, 3.63) is 44.4 Å². The number of hydrogen-bond acceptors (Lipinski definition) is 3. The third-order valence-electron chi connectivity index (χ3n) is 2.37. The van der Waals surface area contributed by atoms with Gasteiger partial charge in [-0.25, -0.2) is 4.98 Å². The van der Waals surface area contributed by atoms with Crippen LogP contribution in [0.25, 0.3) is 0 Å². The fourth-order valence-corrected chi connectivity index (χ4v) is 2.31. The van der Waals surface area contributed by atoms with Gasteiger partial charge in [0.25, 0.3) is 0 Å². The van der Waals surface area contributed by atoms with Crippen LogP contribution in [0.4, 0.5) is 17.3 Å². The average Bonchev–Trinajstić information content (AvgIpc) is 2.38. The first kappa shape index (κ1) is 14.5. The highest BCUT2D eigenvalue weighted by Crippen LogP contribution is 2.35. The highest BCUT2D eigenvalue weighted by molar-refractivity contribution is 6.44. The normalized spacial score (nSPS) is 10.4. The lowest BCUT2D eigenvalue weighted by Crippen LogP contribution is -2.00. The Bertz CT molecular complexity index is 616. The van der Waals surface area contributed by atoms with Gasteiger partial charge in [0.15, 0.2) is 5.82 Å². The molecule has 0 fully saturated rings. The third kappa shape index (κ3) is 3.18. The molecule has 2 N–H and O–H groups in total. The summed E-state index contributed by atoms with van der Waals surface area (Å²) in [6.07, 6.45) is 0. The molecule has 0 radical (unpaired) electrons. The van der Waals surface area contributed by atoms with Gasteiger partial charge in [-0.05, 0) is 18.2 Å². The zero-order chi connectivity index (χ0) is 14.0. The first-order valence-corrected chi connectivity index (χ1v) is 6.79. The van der Waals surface area contributed by atoms with Gasteiger partial charge in [-0.1, -0.05) is 52.5 Å². The fraction of sp³-hybridized carbons (Fsp3) is 0.0833. The van der Waals surface area contributed by atoms with Gasteiger partial charge in [0.1, 0.15) is 5.82 Å². The number of anilines is 3. The van der Waals surface area contributed by atoms with Crippen LogP contribution in [0.15, 0.2) is 24.3 Å². The van der Waals surface area contributed by atoms with E-state index in [1.807, 2.05) is 0 Å². The molecule has 3 nitrogen and oxygen atoms in total. The maximum Gasteiger partial charge on any atom is 0.151 e. The highest BCUT2D eigenvalue weighted by atomic mass is 35.5. The quantitative estimate of drug-likeness (QED) is 0.779. The van der Waals surface area contributed by atoms with E-state index in [1.165, 1.54) is 0 Å². The number of rotatable bonds is 3. The molecule has 0 saturated heterocycles. The lowest BCUT2D eigenvalue weighted by molar-refractivity contribution is 1.28. The zero-order valence-corrected chi connectivity index (χ0v) is 12.8. The number of nitrogens with one attached hydrogen (secondary N) is 2. The smallest absolute Gasteiger partial charge is 0.151 e. The van der Waals surface area contributed by atoms with Gasteiger partial charge in [-0.3, -0.25) is 0 Å². The van der Waals surface area contributed by atoms with Crippen LogP contribution in [0.1, 0.15) is 0 Å². The van der Waals surface area contributed by atoms with E-state index in [9.17, 15) is 0 Å². The molecular formula is C12H9Cl4N3. The highest BCUT2D eigenvalue weighted by Gasteiger charge is 2.11. The Labute approximate surface area is 130 Å². The minimum absolute atomic E-state index is 0.389. The van der Waals surface area contributed by atoms with Crippen LogP contribution in [0.2, 0.25) is 20.1 Å². The molecule has 0 saturated carbocycles.